The van der Waals surface area contributed by atoms with Gasteiger partial charge in [-0.2, -0.15) is 5.26 Å². The van der Waals surface area contributed by atoms with Crippen LogP contribution in [-0.2, 0) is 4.79 Å². The van der Waals surface area contributed by atoms with Crippen LogP contribution in [0.15, 0.2) is 0 Å². The SMILES string of the molecule is CCCC1CCN(C(=O)C(C#N)(CC)CC)CC1. The molecule has 0 unspecified atom stereocenters. The van der Waals surface area contributed by atoms with E-state index in [1.165, 1.54) is 12.8 Å². The summed E-state index contributed by atoms with van der Waals surface area (Å²) in [6.45, 7) is 7.77. The molecular formula is C15H26N2O. The van der Waals surface area contributed by atoms with Crippen molar-refractivity contribution in [1.82, 2.24) is 4.90 Å². The number of nitrogens with zero attached hydrogens (tertiary/aromatic N) is 2. The summed E-state index contributed by atoms with van der Waals surface area (Å²) in [7, 11) is 0. The van der Waals surface area contributed by atoms with Gasteiger partial charge >= 0.3 is 0 Å². The van der Waals surface area contributed by atoms with E-state index in [0.717, 1.165) is 31.8 Å². The van der Waals surface area contributed by atoms with Gasteiger partial charge < -0.3 is 4.90 Å². The molecule has 0 saturated carbocycles. The Morgan fingerprint density at radius 3 is 2.22 bits per heavy atom. The minimum absolute atomic E-state index is 0.0601. The fourth-order valence-corrected chi connectivity index (χ4v) is 2.89. The van der Waals surface area contributed by atoms with Gasteiger partial charge in [-0.15, -0.1) is 0 Å². The largest absolute Gasteiger partial charge is 0.341 e. The average Bonchev–Trinajstić information content (AvgIpc) is 2.42. The highest BCUT2D eigenvalue weighted by molar-refractivity contribution is 5.85. The molecule has 102 valence electrons. The third-order valence-corrected chi connectivity index (χ3v) is 4.43. The van der Waals surface area contributed by atoms with Gasteiger partial charge in [0.1, 0.15) is 5.41 Å². The summed E-state index contributed by atoms with van der Waals surface area (Å²) in [5, 5.41) is 9.32. The quantitative estimate of drug-likeness (QED) is 0.751. The van der Waals surface area contributed by atoms with E-state index >= 15 is 0 Å². The maximum Gasteiger partial charge on any atom is 0.243 e. The number of carbonyl (C=O) groups excluding carboxylic acids is 1. The van der Waals surface area contributed by atoms with Gasteiger partial charge in [-0.25, -0.2) is 0 Å². The Hall–Kier alpha value is -1.04. The number of rotatable bonds is 5. The van der Waals surface area contributed by atoms with Crippen LogP contribution in [0.4, 0.5) is 0 Å². The number of amides is 1. The Morgan fingerprint density at radius 2 is 1.83 bits per heavy atom. The number of hydrogen-bond acceptors (Lipinski definition) is 2. The molecule has 1 amide bonds. The summed E-state index contributed by atoms with van der Waals surface area (Å²) >= 11 is 0. The zero-order valence-corrected chi connectivity index (χ0v) is 12.0. The van der Waals surface area contributed by atoms with Gasteiger partial charge in [0.25, 0.3) is 0 Å². The first-order valence-electron chi connectivity index (χ1n) is 7.34. The summed E-state index contributed by atoms with van der Waals surface area (Å²) in [5.74, 6) is 0.837. The van der Waals surface area contributed by atoms with E-state index in [9.17, 15) is 10.1 Å². The monoisotopic (exact) mass is 250 g/mol. The summed E-state index contributed by atoms with van der Waals surface area (Å²) in [6.07, 6.45) is 5.95. The number of likely N-dealkylation sites (tertiary alicyclic amines) is 1. The van der Waals surface area contributed by atoms with E-state index in [-0.39, 0.29) is 5.91 Å². The standard InChI is InChI=1S/C15H26N2O/c1-4-7-13-8-10-17(11-9-13)14(18)15(5-2,6-3)12-16/h13H,4-11H2,1-3H3. The third kappa shape index (κ3) is 3.04. The molecule has 0 bridgehead atoms. The number of nitriles is 1. The summed E-state index contributed by atoms with van der Waals surface area (Å²) < 4.78 is 0. The topological polar surface area (TPSA) is 44.1 Å². The molecule has 1 saturated heterocycles. The molecule has 0 aromatic heterocycles. The molecule has 1 aliphatic heterocycles. The Kier molecular flexibility index (Phi) is 5.65. The van der Waals surface area contributed by atoms with Gasteiger partial charge in [0, 0.05) is 13.1 Å². The second kappa shape index (κ2) is 6.78. The first-order valence-corrected chi connectivity index (χ1v) is 7.34. The molecule has 0 aromatic rings. The normalized spacial score (nSPS) is 17.6. The van der Waals surface area contributed by atoms with E-state index in [1.807, 2.05) is 18.7 Å². The summed E-state index contributed by atoms with van der Waals surface area (Å²) in [6, 6.07) is 2.26. The third-order valence-electron chi connectivity index (χ3n) is 4.43. The maximum absolute atomic E-state index is 12.5. The molecule has 1 aliphatic rings. The number of piperidine rings is 1. The Morgan fingerprint density at radius 1 is 1.28 bits per heavy atom. The molecule has 1 fully saturated rings. The predicted molar refractivity (Wildman–Crippen MR) is 72.8 cm³/mol. The summed E-state index contributed by atoms with van der Waals surface area (Å²) in [4.78, 5) is 14.4. The lowest BCUT2D eigenvalue weighted by molar-refractivity contribution is -0.140. The van der Waals surface area contributed by atoms with Crippen molar-refractivity contribution in [1.29, 1.82) is 5.26 Å². The lowest BCUT2D eigenvalue weighted by Gasteiger charge is -2.36. The van der Waals surface area contributed by atoms with Crippen molar-refractivity contribution in [2.24, 2.45) is 11.3 Å². The highest BCUT2D eigenvalue weighted by atomic mass is 16.2. The van der Waals surface area contributed by atoms with E-state index in [2.05, 4.69) is 13.0 Å². The Bertz CT molecular complexity index is 307. The molecule has 0 aromatic carbocycles. The van der Waals surface area contributed by atoms with Gasteiger partial charge in [0.15, 0.2) is 0 Å². The Labute approximate surface area is 111 Å². The van der Waals surface area contributed by atoms with Crippen molar-refractivity contribution in [3.8, 4) is 6.07 Å². The van der Waals surface area contributed by atoms with Crippen LogP contribution in [-0.4, -0.2) is 23.9 Å². The van der Waals surface area contributed by atoms with Crippen LogP contribution in [0.25, 0.3) is 0 Å². The summed E-state index contributed by atoms with van der Waals surface area (Å²) in [5.41, 5.74) is -0.780. The zero-order valence-electron chi connectivity index (χ0n) is 12.0. The highest BCUT2D eigenvalue weighted by Crippen LogP contribution is 2.31. The van der Waals surface area contributed by atoms with Gasteiger partial charge in [-0.3, -0.25) is 4.79 Å². The van der Waals surface area contributed by atoms with Gasteiger partial charge in [-0.05, 0) is 31.6 Å². The minimum Gasteiger partial charge on any atom is -0.341 e. The first kappa shape index (κ1) is 15.0. The Balaban J connectivity index is 2.62. The van der Waals surface area contributed by atoms with Crippen molar-refractivity contribution < 1.29 is 4.79 Å². The van der Waals surface area contributed by atoms with E-state index in [0.29, 0.717) is 12.8 Å². The second-order valence-corrected chi connectivity index (χ2v) is 5.43. The van der Waals surface area contributed by atoms with Gasteiger partial charge in [-0.1, -0.05) is 33.6 Å². The lowest BCUT2D eigenvalue weighted by atomic mass is 9.81. The van der Waals surface area contributed by atoms with Crippen LogP contribution < -0.4 is 0 Å². The fraction of sp³-hybridized carbons (Fsp3) is 0.867. The molecule has 18 heavy (non-hydrogen) atoms. The van der Waals surface area contributed by atoms with Crippen molar-refractivity contribution in [2.45, 2.75) is 59.3 Å². The first-order chi connectivity index (χ1) is 8.63. The molecule has 1 rings (SSSR count). The van der Waals surface area contributed by atoms with E-state index < -0.39 is 5.41 Å². The minimum atomic E-state index is -0.780. The molecule has 0 aliphatic carbocycles. The highest BCUT2D eigenvalue weighted by Gasteiger charge is 2.39. The van der Waals surface area contributed by atoms with E-state index in [1.54, 1.807) is 0 Å². The maximum atomic E-state index is 12.5. The van der Waals surface area contributed by atoms with Crippen LogP contribution >= 0.6 is 0 Å². The van der Waals surface area contributed by atoms with Crippen molar-refractivity contribution >= 4 is 5.91 Å². The molecular weight excluding hydrogens is 224 g/mol. The molecule has 0 atom stereocenters. The van der Waals surface area contributed by atoms with Crippen LogP contribution in [0.2, 0.25) is 0 Å². The van der Waals surface area contributed by atoms with Gasteiger partial charge in [0.2, 0.25) is 5.91 Å². The molecule has 0 spiro atoms. The van der Waals surface area contributed by atoms with Crippen LogP contribution in [0.5, 0.6) is 0 Å². The molecule has 0 radical (unpaired) electrons. The van der Waals surface area contributed by atoms with Crippen LogP contribution in [0.3, 0.4) is 0 Å². The lowest BCUT2D eigenvalue weighted by Crippen LogP contribution is -2.46. The van der Waals surface area contributed by atoms with Gasteiger partial charge in [0.05, 0.1) is 6.07 Å². The van der Waals surface area contributed by atoms with Crippen LogP contribution in [0, 0.1) is 22.7 Å². The zero-order chi connectivity index (χ0) is 13.6. The van der Waals surface area contributed by atoms with Crippen molar-refractivity contribution in [2.75, 3.05) is 13.1 Å². The molecule has 3 heteroatoms. The number of carbonyl (C=O) groups is 1. The van der Waals surface area contributed by atoms with Crippen LogP contribution in [0.1, 0.15) is 59.3 Å². The predicted octanol–water partition coefficient (Wildman–Crippen LogP) is 3.36. The van der Waals surface area contributed by atoms with Crippen molar-refractivity contribution in [3.63, 3.8) is 0 Å². The van der Waals surface area contributed by atoms with Crippen molar-refractivity contribution in [3.05, 3.63) is 0 Å². The smallest absolute Gasteiger partial charge is 0.243 e. The van der Waals surface area contributed by atoms with E-state index in [4.69, 9.17) is 0 Å². The fourth-order valence-electron chi connectivity index (χ4n) is 2.89. The molecule has 0 N–H and O–H groups in total. The molecule has 1 heterocycles. The average molecular weight is 250 g/mol. The second-order valence-electron chi connectivity index (χ2n) is 5.43. The number of hydrogen-bond donors (Lipinski definition) is 0. The molecule has 3 nitrogen and oxygen atoms in total.